The van der Waals surface area contributed by atoms with Gasteiger partial charge in [-0.15, -0.1) is 10.2 Å². The van der Waals surface area contributed by atoms with Crippen molar-refractivity contribution in [1.82, 2.24) is 15.1 Å². The van der Waals surface area contributed by atoms with Crippen LogP contribution in [-0.4, -0.2) is 21.6 Å². The molecular formula is C15H19N3O. The average Bonchev–Trinajstić information content (AvgIpc) is 2.84. The van der Waals surface area contributed by atoms with Gasteiger partial charge >= 0.3 is 0 Å². The SMILES string of the molecule is CC[C@@H]1c2ccccc2CCN1Cc1nnc(C)o1. The van der Waals surface area contributed by atoms with Crippen LogP contribution in [0.3, 0.4) is 0 Å². The molecule has 0 bridgehead atoms. The number of hydrogen-bond donors (Lipinski definition) is 0. The van der Waals surface area contributed by atoms with E-state index in [1.807, 2.05) is 6.92 Å². The fraction of sp³-hybridized carbons (Fsp3) is 0.467. The Kier molecular flexibility index (Phi) is 3.34. The highest BCUT2D eigenvalue weighted by atomic mass is 16.4. The lowest BCUT2D eigenvalue weighted by Crippen LogP contribution is -2.34. The van der Waals surface area contributed by atoms with Crippen LogP contribution in [0.1, 0.15) is 42.3 Å². The number of fused-ring (bicyclic) bond motifs is 1. The molecule has 2 heterocycles. The normalized spacial score (nSPS) is 19.4. The second-order valence-corrected chi connectivity index (χ2v) is 5.06. The summed E-state index contributed by atoms with van der Waals surface area (Å²) < 4.78 is 5.50. The number of hydrogen-bond acceptors (Lipinski definition) is 4. The van der Waals surface area contributed by atoms with Gasteiger partial charge in [-0.3, -0.25) is 4.90 Å². The van der Waals surface area contributed by atoms with Crippen LogP contribution in [0.15, 0.2) is 28.7 Å². The number of nitrogens with zero attached hydrogens (tertiary/aromatic N) is 3. The molecule has 0 spiro atoms. The molecule has 1 aromatic heterocycles. The largest absolute Gasteiger partial charge is 0.424 e. The molecule has 0 radical (unpaired) electrons. The molecule has 0 aliphatic carbocycles. The monoisotopic (exact) mass is 257 g/mol. The van der Waals surface area contributed by atoms with E-state index in [1.54, 1.807) is 0 Å². The minimum Gasteiger partial charge on any atom is -0.424 e. The minimum atomic E-state index is 0.456. The number of rotatable bonds is 3. The summed E-state index contributed by atoms with van der Waals surface area (Å²) in [5, 5.41) is 8.01. The molecule has 100 valence electrons. The van der Waals surface area contributed by atoms with Crippen molar-refractivity contribution in [2.75, 3.05) is 6.54 Å². The van der Waals surface area contributed by atoms with Crippen molar-refractivity contribution in [3.8, 4) is 0 Å². The van der Waals surface area contributed by atoms with Gasteiger partial charge in [0.05, 0.1) is 6.54 Å². The molecule has 1 aliphatic heterocycles. The summed E-state index contributed by atoms with van der Waals surface area (Å²) in [7, 11) is 0. The summed E-state index contributed by atoms with van der Waals surface area (Å²) in [6.07, 6.45) is 2.20. The van der Waals surface area contributed by atoms with E-state index in [9.17, 15) is 0 Å². The lowest BCUT2D eigenvalue weighted by atomic mass is 9.91. The van der Waals surface area contributed by atoms with Crippen LogP contribution in [0.25, 0.3) is 0 Å². The molecule has 1 aromatic carbocycles. The van der Waals surface area contributed by atoms with Crippen LogP contribution in [0, 0.1) is 6.92 Å². The third kappa shape index (κ3) is 2.40. The van der Waals surface area contributed by atoms with Crippen molar-refractivity contribution in [2.45, 2.75) is 39.3 Å². The van der Waals surface area contributed by atoms with Crippen LogP contribution in [0.4, 0.5) is 0 Å². The van der Waals surface area contributed by atoms with Crippen LogP contribution in [0.2, 0.25) is 0 Å². The first-order valence-electron chi connectivity index (χ1n) is 6.88. The van der Waals surface area contributed by atoms with Gasteiger partial charge in [0.15, 0.2) is 0 Å². The first-order chi connectivity index (χ1) is 9.28. The Morgan fingerprint density at radius 2 is 2.16 bits per heavy atom. The average molecular weight is 257 g/mol. The van der Waals surface area contributed by atoms with E-state index >= 15 is 0 Å². The molecular weight excluding hydrogens is 238 g/mol. The highest BCUT2D eigenvalue weighted by Gasteiger charge is 2.26. The van der Waals surface area contributed by atoms with Crippen molar-refractivity contribution in [3.63, 3.8) is 0 Å². The van der Waals surface area contributed by atoms with Gasteiger partial charge in [0.1, 0.15) is 0 Å². The van der Waals surface area contributed by atoms with Gasteiger partial charge in [0.2, 0.25) is 11.8 Å². The number of aryl methyl sites for hydroxylation is 1. The van der Waals surface area contributed by atoms with Crippen molar-refractivity contribution in [1.29, 1.82) is 0 Å². The van der Waals surface area contributed by atoms with Gasteiger partial charge in [0, 0.05) is 19.5 Å². The Balaban J connectivity index is 1.84. The van der Waals surface area contributed by atoms with Crippen molar-refractivity contribution in [2.24, 2.45) is 0 Å². The lowest BCUT2D eigenvalue weighted by molar-refractivity contribution is 0.155. The predicted octanol–water partition coefficient (Wildman–Crippen LogP) is 2.89. The van der Waals surface area contributed by atoms with Crippen LogP contribution in [0.5, 0.6) is 0 Å². The van der Waals surface area contributed by atoms with Gasteiger partial charge in [-0.2, -0.15) is 0 Å². The molecule has 0 saturated heterocycles. The van der Waals surface area contributed by atoms with Crippen LogP contribution < -0.4 is 0 Å². The summed E-state index contributed by atoms with van der Waals surface area (Å²) in [5.74, 6) is 1.36. The van der Waals surface area contributed by atoms with E-state index in [-0.39, 0.29) is 0 Å². The van der Waals surface area contributed by atoms with Gasteiger partial charge in [-0.05, 0) is 24.0 Å². The smallest absolute Gasteiger partial charge is 0.230 e. The summed E-state index contributed by atoms with van der Waals surface area (Å²) in [4.78, 5) is 2.44. The zero-order valence-electron chi connectivity index (χ0n) is 11.5. The van der Waals surface area contributed by atoms with Gasteiger partial charge in [-0.25, -0.2) is 0 Å². The zero-order valence-corrected chi connectivity index (χ0v) is 11.5. The molecule has 2 aromatic rings. The van der Waals surface area contributed by atoms with E-state index in [0.29, 0.717) is 11.9 Å². The molecule has 0 N–H and O–H groups in total. The van der Waals surface area contributed by atoms with E-state index < -0.39 is 0 Å². The number of aromatic nitrogens is 2. The van der Waals surface area contributed by atoms with Crippen molar-refractivity contribution in [3.05, 3.63) is 47.2 Å². The molecule has 0 unspecified atom stereocenters. The molecule has 0 amide bonds. The molecule has 0 fully saturated rings. The summed E-state index contributed by atoms with van der Waals surface area (Å²) in [6, 6.07) is 9.20. The Labute approximate surface area is 113 Å². The molecule has 0 saturated carbocycles. The minimum absolute atomic E-state index is 0.456. The second-order valence-electron chi connectivity index (χ2n) is 5.06. The van der Waals surface area contributed by atoms with Crippen molar-refractivity contribution < 1.29 is 4.42 Å². The quantitative estimate of drug-likeness (QED) is 0.848. The maximum atomic E-state index is 5.50. The summed E-state index contributed by atoms with van der Waals surface area (Å²) in [6.45, 7) is 5.86. The Bertz CT molecular complexity index is 564. The van der Waals surface area contributed by atoms with Gasteiger partial charge in [-0.1, -0.05) is 31.2 Å². The standard InChI is InChI=1S/C15H19N3O/c1-3-14-13-7-5-4-6-12(13)8-9-18(14)10-15-17-16-11(2)19-15/h4-7,14H,3,8-10H2,1-2H3/t14-/m1/s1. The van der Waals surface area contributed by atoms with Gasteiger partial charge in [0.25, 0.3) is 0 Å². The van der Waals surface area contributed by atoms with Gasteiger partial charge < -0.3 is 4.42 Å². The van der Waals surface area contributed by atoms with E-state index in [0.717, 1.165) is 31.8 Å². The molecule has 3 rings (SSSR count). The summed E-state index contributed by atoms with van der Waals surface area (Å²) in [5.41, 5.74) is 2.93. The maximum absolute atomic E-state index is 5.50. The predicted molar refractivity (Wildman–Crippen MR) is 72.6 cm³/mol. The first-order valence-corrected chi connectivity index (χ1v) is 6.88. The Hall–Kier alpha value is -1.68. The first kappa shape index (κ1) is 12.4. The number of benzene rings is 1. The Morgan fingerprint density at radius 1 is 1.32 bits per heavy atom. The van der Waals surface area contributed by atoms with E-state index in [2.05, 4.69) is 46.3 Å². The molecule has 1 aliphatic rings. The highest BCUT2D eigenvalue weighted by Crippen LogP contribution is 2.32. The third-order valence-corrected chi connectivity index (χ3v) is 3.82. The second kappa shape index (κ2) is 5.13. The molecule has 19 heavy (non-hydrogen) atoms. The fourth-order valence-electron chi connectivity index (χ4n) is 2.95. The highest BCUT2D eigenvalue weighted by molar-refractivity contribution is 5.32. The zero-order chi connectivity index (χ0) is 13.2. The third-order valence-electron chi connectivity index (χ3n) is 3.82. The molecule has 1 atom stereocenters. The van der Waals surface area contributed by atoms with Crippen molar-refractivity contribution >= 4 is 0 Å². The van der Waals surface area contributed by atoms with E-state index in [4.69, 9.17) is 4.42 Å². The lowest BCUT2D eigenvalue weighted by Gasteiger charge is -2.36. The molecule has 4 heteroatoms. The van der Waals surface area contributed by atoms with E-state index in [1.165, 1.54) is 11.1 Å². The molecule has 4 nitrogen and oxygen atoms in total. The summed E-state index contributed by atoms with van der Waals surface area (Å²) >= 11 is 0. The topological polar surface area (TPSA) is 42.2 Å². The van der Waals surface area contributed by atoms with Crippen LogP contribution in [-0.2, 0) is 13.0 Å². The Morgan fingerprint density at radius 3 is 2.89 bits per heavy atom. The fourth-order valence-corrected chi connectivity index (χ4v) is 2.95. The van der Waals surface area contributed by atoms with Crippen LogP contribution >= 0.6 is 0 Å². The maximum Gasteiger partial charge on any atom is 0.230 e.